The molecule has 0 aromatic carbocycles. The number of nitrogens with zero attached hydrogens (tertiary/aromatic N) is 2. The number of hydrogen-bond donors (Lipinski definition) is 0. The molecule has 3 heterocycles. The average Bonchev–Trinajstić information content (AvgIpc) is 3.29. The lowest BCUT2D eigenvalue weighted by Crippen LogP contribution is -2.59. The molecule has 0 saturated carbocycles. The van der Waals surface area contributed by atoms with Crippen LogP contribution in [0.2, 0.25) is 0 Å². The zero-order valence-corrected chi connectivity index (χ0v) is 21.3. The summed E-state index contributed by atoms with van der Waals surface area (Å²) in [4.78, 5) is 42.8. The van der Waals surface area contributed by atoms with Gasteiger partial charge in [0.1, 0.15) is 18.1 Å². The van der Waals surface area contributed by atoms with Crippen molar-refractivity contribution in [1.29, 1.82) is 0 Å². The minimum atomic E-state index is -1.46. The van der Waals surface area contributed by atoms with Gasteiger partial charge in [0.25, 0.3) is 0 Å². The summed E-state index contributed by atoms with van der Waals surface area (Å²) in [5.74, 6) is -0.955. The second-order valence-corrected chi connectivity index (χ2v) is 11.2. The molecule has 33 heavy (non-hydrogen) atoms. The van der Waals surface area contributed by atoms with Crippen LogP contribution in [-0.4, -0.2) is 77.2 Å². The first kappa shape index (κ1) is 25.5. The van der Waals surface area contributed by atoms with Gasteiger partial charge in [-0.3, -0.25) is 14.6 Å². The van der Waals surface area contributed by atoms with Gasteiger partial charge in [0.15, 0.2) is 5.54 Å². The first-order valence-electron chi connectivity index (χ1n) is 11.5. The summed E-state index contributed by atoms with van der Waals surface area (Å²) < 4.78 is 23.0. The van der Waals surface area contributed by atoms with Crippen LogP contribution in [0.5, 0.6) is 0 Å². The van der Waals surface area contributed by atoms with Gasteiger partial charge in [-0.25, -0.2) is 9.59 Å². The van der Waals surface area contributed by atoms with E-state index in [1.807, 2.05) is 55.4 Å². The highest BCUT2D eigenvalue weighted by molar-refractivity contribution is 6.03. The lowest BCUT2D eigenvalue weighted by molar-refractivity contribution is -0.157. The maximum atomic E-state index is 13.4. The van der Waals surface area contributed by atoms with Crippen molar-refractivity contribution in [3.05, 3.63) is 11.6 Å². The molecule has 0 spiro atoms. The zero-order valence-electron chi connectivity index (χ0n) is 21.3. The Bertz CT molecular complexity index is 841. The molecule has 0 aromatic heterocycles. The SMILES string of the molecule is CCC[C@@H](OC(=O)N1C(C)(C)COC1(C)C)C1=CC(=O)N2[C@H](C(C)(C)C)OC[C@@]12C(=O)OC. The molecule has 186 valence electrons. The lowest BCUT2D eigenvalue weighted by atomic mass is 9.85. The Labute approximate surface area is 196 Å². The summed E-state index contributed by atoms with van der Waals surface area (Å²) in [6.45, 7) is 15.5. The van der Waals surface area contributed by atoms with E-state index in [0.717, 1.165) is 0 Å². The Balaban J connectivity index is 2.00. The zero-order chi connectivity index (χ0) is 25.0. The normalized spacial score (nSPS) is 29.1. The Kier molecular flexibility index (Phi) is 6.39. The molecule has 2 saturated heterocycles. The summed E-state index contributed by atoms with van der Waals surface area (Å²) in [7, 11) is 1.29. The van der Waals surface area contributed by atoms with Gasteiger partial charge >= 0.3 is 12.1 Å². The fourth-order valence-electron chi connectivity index (χ4n) is 5.23. The van der Waals surface area contributed by atoms with Gasteiger partial charge in [0.05, 0.1) is 25.9 Å². The topological polar surface area (TPSA) is 94.6 Å². The Morgan fingerprint density at radius 2 is 1.85 bits per heavy atom. The molecule has 0 aliphatic carbocycles. The molecular formula is C24H38N2O7. The van der Waals surface area contributed by atoms with Crippen molar-refractivity contribution in [2.24, 2.45) is 5.41 Å². The largest absolute Gasteiger partial charge is 0.467 e. The molecule has 9 nitrogen and oxygen atoms in total. The third kappa shape index (κ3) is 4.03. The number of ether oxygens (including phenoxy) is 4. The van der Waals surface area contributed by atoms with Gasteiger partial charge in [-0.15, -0.1) is 0 Å². The maximum absolute atomic E-state index is 13.4. The molecule has 2 amide bonds. The van der Waals surface area contributed by atoms with Crippen LogP contribution in [0.25, 0.3) is 0 Å². The average molecular weight is 467 g/mol. The predicted octanol–water partition coefficient (Wildman–Crippen LogP) is 3.22. The minimum Gasteiger partial charge on any atom is -0.467 e. The molecule has 3 aliphatic heterocycles. The Morgan fingerprint density at radius 1 is 1.21 bits per heavy atom. The standard InChI is InChI=1S/C24H38N2O7/c1-10-11-16(33-20(29)26-22(5,6)13-32-23(26,7)8)15-12-17(27)25-18(21(2,3)4)31-14-24(15,25)19(28)30-9/h12,16,18H,10-11,13-14H2,1-9H3/t16-,18+,24+/m1/s1. The van der Waals surface area contributed by atoms with Crippen LogP contribution >= 0.6 is 0 Å². The van der Waals surface area contributed by atoms with Crippen molar-refractivity contribution in [2.45, 2.75) is 97.4 Å². The van der Waals surface area contributed by atoms with Gasteiger partial charge in [-0.05, 0) is 34.1 Å². The van der Waals surface area contributed by atoms with E-state index in [1.54, 1.807) is 4.90 Å². The summed E-state index contributed by atoms with van der Waals surface area (Å²) in [5.41, 5.74) is -2.92. The van der Waals surface area contributed by atoms with Crippen molar-refractivity contribution in [1.82, 2.24) is 9.80 Å². The predicted molar refractivity (Wildman–Crippen MR) is 120 cm³/mol. The van der Waals surface area contributed by atoms with E-state index >= 15 is 0 Å². The third-order valence-electron chi connectivity index (χ3n) is 6.60. The van der Waals surface area contributed by atoms with E-state index in [1.165, 1.54) is 18.1 Å². The molecule has 9 heteroatoms. The number of fused-ring (bicyclic) bond motifs is 1. The second-order valence-electron chi connectivity index (χ2n) is 11.2. The van der Waals surface area contributed by atoms with Crippen molar-refractivity contribution < 1.29 is 33.3 Å². The molecule has 3 atom stereocenters. The van der Waals surface area contributed by atoms with Gasteiger partial charge in [0.2, 0.25) is 5.91 Å². The molecule has 3 rings (SSSR count). The molecule has 0 N–H and O–H groups in total. The molecule has 2 fully saturated rings. The van der Waals surface area contributed by atoms with Crippen LogP contribution in [0.1, 0.15) is 68.2 Å². The van der Waals surface area contributed by atoms with E-state index in [2.05, 4.69) is 0 Å². The van der Waals surface area contributed by atoms with E-state index in [9.17, 15) is 14.4 Å². The number of amides is 2. The minimum absolute atomic E-state index is 0.0548. The highest BCUT2D eigenvalue weighted by atomic mass is 16.6. The summed E-state index contributed by atoms with van der Waals surface area (Å²) in [5, 5.41) is 0. The van der Waals surface area contributed by atoms with E-state index in [4.69, 9.17) is 18.9 Å². The molecule has 3 aliphatic rings. The van der Waals surface area contributed by atoms with Crippen LogP contribution in [0.4, 0.5) is 4.79 Å². The third-order valence-corrected chi connectivity index (χ3v) is 6.60. The summed E-state index contributed by atoms with van der Waals surface area (Å²) in [6.07, 6.45) is 0.549. The second kappa shape index (κ2) is 8.27. The highest BCUT2D eigenvalue weighted by Gasteiger charge is 2.65. The van der Waals surface area contributed by atoms with Crippen molar-refractivity contribution in [3.63, 3.8) is 0 Å². The van der Waals surface area contributed by atoms with E-state index in [0.29, 0.717) is 25.0 Å². The quantitative estimate of drug-likeness (QED) is 0.574. The number of carbonyl (C=O) groups is 3. The van der Waals surface area contributed by atoms with Crippen molar-refractivity contribution in [2.75, 3.05) is 20.3 Å². The van der Waals surface area contributed by atoms with Crippen LogP contribution in [0, 0.1) is 5.41 Å². The molecule has 0 bridgehead atoms. The number of carbonyl (C=O) groups excluding carboxylic acids is 3. The first-order valence-corrected chi connectivity index (χ1v) is 11.5. The smallest absolute Gasteiger partial charge is 0.413 e. The van der Waals surface area contributed by atoms with Gasteiger partial charge in [-0.1, -0.05) is 34.1 Å². The van der Waals surface area contributed by atoms with Gasteiger partial charge in [0, 0.05) is 17.1 Å². The Hall–Kier alpha value is -2.13. The Morgan fingerprint density at radius 3 is 2.33 bits per heavy atom. The van der Waals surface area contributed by atoms with Crippen LogP contribution < -0.4 is 0 Å². The fourth-order valence-corrected chi connectivity index (χ4v) is 5.23. The van der Waals surface area contributed by atoms with Crippen LogP contribution in [0.3, 0.4) is 0 Å². The maximum Gasteiger partial charge on any atom is 0.413 e. The monoisotopic (exact) mass is 466 g/mol. The molecule has 0 unspecified atom stereocenters. The van der Waals surface area contributed by atoms with Crippen LogP contribution in [-0.2, 0) is 28.5 Å². The molecular weight excluding hydrogens is 428 g/mol. The first-order chi connectivity index (χ1) is 15.1. The highest BCUT2D eigenvalue weighted by Crippen LogP contribution is 2.47. The lowest BCUT2D eigenvalue weighted by Gasteiger charge is -2.40. The van der Waals surface area contributed by atoms with E-state index < -0.39 is 46.6 Å². The van der Waals surface area contributed by atoms with Gasteiger partial charge < -0.3 is 18.9 Å². The van der Waals surface area contributed by atoms with Crippen LogP contribution in [0.15, 0.2) is 11.6 Å². The van der Waals surface area contributed by atoms with Gasteiger partial charge in [-0.2, -0.15) is 0 Å². The van der Waals surface area contributed by atoms with Crippen molar-refractivity contribution in [3.8, 4) is 0 Å². The van der Waals surface area contributed by atoms with Crippen molar-refractivity contribution >= 4 is 18.0 Å². The number of methoxy groups -OCH3 is 1. The fraction of sp³-hybridized carbons (Fsp3) is 0.792. The summed E-state index contributed by atoms with van der Waals surface area (Å²) in [6, 6.07) is 0. The molecule has 0 radical (unpaired) electrons. The number of hydrogen-bond acceptors (Lipinski definition) is 7. The summed E-state index contributed by atoms with van der Waals surface area (Å²) >= 11 is 0. The number of esters is 1. The van der Waals surface area contributed by atoms with E-state index in [-0.39, 0.29) is 12.5 Å². The molecule has 0 aromatic rings. The number of rotatable bonds is 5.